The maximum absolute atomic E-state index is 12.6. The lowest BCUT2D eigenvalue weighted by molar-refractivity contribution is -0.140. The van der Waals surface area contributed by atoms with Gasteiger partial charge < -0.3 is 15.0 Å². The van der Waals surface area contributed by atoms with E-state index >= 15 is 0 Å². The lowest BCUT2D eigenvalue weighted by Crippen LogP contribution is -2.50. The highest BCUT2D eigenvalue weighted by Crippen LogP contribution is 2.21. The van der Waals surface area contributed by atoms with Crippen LogP contribution >= 0.6 is 0 Å². The molecule has 0 unspecified atom stereocenters. The van der Waals surface area contributed by atoms with Crippen molar-refractivity contribution in [3.8, 4) is 5.75 Å². The normalized spacial score (nSPS) is 21.5. The molecule has 1 N–H and O–H groups in total. The number of amides is 2. The summed E-state index contributed by atoms with van der Waals surface area (Å²) in [6.07, 6.45) is 7.37. The minimum atomic E-state index is -0.334. The van der Waals surface area contributed by atoms with Crippen molar-refractivity contribution in [3.05, 3.63) is 30.3 Å². The highest BCUT2D eigenvalue weighted by molar-refractivity contribution is 5.89. The molecule has 2 fully saturated rings. The molecule has 5 heteroatoms. The number of nitrogens with one attached hydrogen (secondary N) is 1. The smallest absolute Gasteiger partial charge is 0.261 e. The van der Waals surface area contributed by atoms with Gasteiger partial charge in [-0.1, -0.05) is 37.5 Å². The lowest BCUT2D eigenvalue weighted by Gasteiger charge is -2.28. The van der Waals surface area contributed by atoms with Crippen LogP contribution in [-0.4, -0.2) is 41.9 Å². The van der Waals surface area contributed by atoms with E-state index in [9.17, 15) is 9.59 Å². The van der Waals surface area contributed by atoms with E-state index in [0.29, 0.717) is 12.3 Å². The summed E-state index contributed by atoms with van der Waals surface area (Å²) >= 11 is 0. The summed E-state index contributed by atoms with van der Waals surface area (Å²) in [6.45, 7) is 0.622. The quantitative estimate of drug-likeness (QED) is 0.902. The van der Waals surface area contributed by atoms with Crippen LogP contribution in [0.1, 0.15) is 44.9 Å². The summed E-state index contributed by atoms with van der Waals surface area (Å²) in [7, 11) is 0. The van der Waals surface area contributed by atoms with E-state index in [1.54, 1.807) is 4.90 Å². The molecule has 0 spiro atoms. The van der Waals surface area contributed by atoms with E-state index in [0.717, 1.165) is 25.7 Å². The van der Waals surface area contributed by atoms with Crippen LogP contribution in [0.25, 0.3) is 0 Å². The number of para-hydroxylation sites is 1. The third-order valence-corrected chi connectivity index (χ3v) is 4.93. The van der Waals surface area contributed by atoms with Gasteiger partial charge in [-0.3, -0.25) is 9.59 Å². The molecule has 2 amide bonds. The van der Waals surface area contributed by atoms with Crippen molar-refractivity contribution in [2.24, 2.45) is 0 Å². The third-order valence-electron chi connectivity index (χ3n) is 4.93. The maximum Gasteiger partial charge on any atom is 0.261 e. The van der Waals surface area contributed by atoms with Crippen molar-refractivity contribution in [1.82, 2.24) is 10.2 Å². The predicted octanol–water partition coefficient (Wildman–Crippen LogP) is 2.51. The Morgan fingerprint density at radius 2 is 1.79 bits per heavy atom. The van der Waals surface area contributed by atoms with Crippen molar-refractivity contribution in [3.63, 3.8) is 0 Å². The highest BCUT2D eigenvalue weighted by atomic mass is 16.5. The molecule has 3 rings (SSSR count). The van der Waals surface area contributed by atoms with Gasteiger partial charge in [0.05, 0.1) is 0 Å². The molecule has 1 aliphatic carbocycles. The van der Waals surface area contributed by atoms with Gasteiger partial charge in [0.15, 0.2) is 6.61 Å². The van der Waals surface area contributed by atoms with Crippen molar-refractivity contribution < 1.29 is 14.3 Å². The monoisotopic (exact) mass is 330 g/mol. The molecule has 1 atom stereocenters. The number of nitrogens with zero attached hydrogens (tertiary/aromatic N) is 1. The summed E-state index contributed by atoms with van der Waals surface area (Å²) in [5.74, 6) is 0.570. The van der Waals surface area contributed by atoms with Gasteiger partial charge in [-0.25, -0.2) is 0 Å². The van der Waals surface area contributed by atoms with Crippen LogP contribution in [0, 0.1) is 0 Å². The Hall–Kier alpha value is -2.04. The van der Waals surface area contributed by atoms with Crippen molar-refractivity contribution >= 4 is 11.8 Å². The van der Waals surface area contributed by atoms with Gasteiger partial charge in [-0.05, 0) is 37.8 Å². The summed E-state index contributed by atoms with van der Waals surface area (Å²) in [5.41, 5.74) is 0. The van der Waals surface area contributed by atoms with E-state index < -0.39 is 0 Å². The van der Waals surface area contributed by atoms with Gasteiger partial charge in [0.2, 0.25) is 5.91 Å². The average Bonchev–Trinajstić information content (AvgIpc) is 3.11. The molecule has 0 radical (unpaired) electrons. The van der Waals surface area contributed by atoms with Crippen LogP contribution < -0.4 is 10.1 Å². The van der Waals surface area contributed by atoms with Crippen LogP contribution in [0.3, 0.4) is 0 Å². The second kappa shape index (κ2) is 8.18. The number of ether oxygens (including phenoxy) is 1. The molecule has 1 saturated heterocycles. The van der Waals surface area contributed by atoms with E-state index in [-0.39, 0.29) is 30.5 Å². The largest absolute Gasteiger partial charge is 0.484 e. The van der Waals surface area contributed by atoms with Gasteiger partial charge >= 0.3 is 0 Å². The van der Waals surface area contributed by atoms with E-state index in [4.69, 9.17) is 4.74 Å². The average molecular weight is 330 g/mol. The fourth-order valence-electron chi connectivity index (χ4n) is 3.63. The molecule has 1 aromatic carbocycles. The number of likely N-dealkylation sites (tertiary alicyclic amines) is 1. The number of benzene rings is 1. The molecule has 0 bridgehead atoms. The Morgan fingerprint density at radius 1 is 1.04 bits per heavy atom. The van der Waals surface area contributed by atoms with Crippen LogP contribution in [-0.2, 0) is 9.59 Å². The van der Waals surface area contributed by atoms with Crippen molar-refractivity contribution in [1.29, 1.82) is 0 Å². The Kier molecular flexibility index (Phi) is 5.72. The second-order valence-electron chi connectivity index (χ2n) is 6.69. The first-order valence-corrected chi connectivity index (χ1v) is 9.02. The van der Waals surface area contributed by atoms with Crippen LogP contribution in [0.15, 0.2) is 30.3 Å². The standard InChI is InChI=1S/C19H26N2O3/c22-18(14-24-16-10-5-2-6-11-16)21-13-7-12-17(21)19(23)20-15-8-3-1-4-9-15/h2,5-6,10-11,15,17H,1,3-4,7-9,12-14H2,(H,20,23)/t17-/m1/s1. The first-order valence-electron chi connectivity index (χ1n) is 9.02. The molecule has 2 aliphatic rings. The van der Waals surface area contributed by atoms with Gasteiger partial charge in [0.1, 0.15) is 11.8 Å². The molecule has 5 nitrogen and oxygen atoms in total. The van der Waals surface area contributed by atoms with Crippen molar-refractivity contribution in [2.75, 3.05) is 13.2 Å². The summed E-state index contributed by atoms with van der Waals surface area (Å²) in [6, 6.07) is 9.24. The van der Waals surface area contributed by atoms with Crippen LogP contribution in [0.2, 0.25) is 0 Å². The minimum Gasteiger partial charge on any atom is -0.484 e. The predicted molar refractivity (Wildman–Crippen MR) is 91.7 cm³/mol. The fraction of sp³-hybridized carbons (Fsp3) is 0.579. The van der Waals surface area contributed by atoms with Crippen LogP contribution in [0.4, 0.5) is 0 Å². The SMILES string of the molecule is O=C(NC1CCCCC1)[C@H]1CCCN1C(=O)COc1ccccc1. The molecule has 1 saturated carbocycles. The Bertz CT molecular complexity index is 555. The number of rotatable bonds is 5. The summed E-state index contributed by atoms with van der Waals surface area (Å²) in [5, 5.41) is 3.15. The van der Waals surface area contributed by atoms with Gasteiger partial charge in [-0.15, -0.1) is 0 Å². The minimum absolute atomic E-state index is 0.00691. The molecule has 1 aromatic rings. The summed E-state index contributed by atoms with van der Waals surface area (Å²) in [4.78, 5) is 26.7. The van der Waals surface area contributed by atoms with E-state index in [1.165, 1.54) is 19.3 Å². The Balaban J connectivity index is 1.52. The van der Waals surface area contributed by atoms with Gasteiger partial charge in [0.25, 0.3) is 5.91 Å². The molecule has 0 aromatic heterocycles. The Morgan fingerprint density at radius 3 is 2.54 bits per heavy atom. The van der Waals surface area contributed by atoms with E-state index in [1.807, 2.05) is 30.3 Å². The van der Waals surface area contributed by atoms with Gasteiger partial charge in [-0.2, -0.15) is 0 Å². The number of carbonyl (C=O) groups is 2. The number of hydrogen-bond acceptors (Lipinski definition) is 3. The fourth-order valence-corrected chi connectivity index (χ4v) is 3.63. The molecular weight excluding hydrogens is 304 g/mol. The second-order valence-corrected chi connectivity index (χ2v) is 6.69. The zero-order chi connectivity index (χ0) is 16.8. The zero-order valence-electron chi connectivity index (χ0n) is 14.1. The van der Waals surface area contributed by atoms with Crippen LogP contribution in [0.5, 0.6) is 5.75 Å². The third kappa shape index (κ3) is 4.28. The molecule has 24 heavy (non-hydrogen) atoms. The topological polar surface area (TPSA) is 58.6 Å². The first kappa shape index (κ1) is 16.8. The first-order chi connectivity index (χ1) is 11.7. The number of hydrogen-bond donors (Lipinski definition) is 1. The zero-order valence-corrected chi connectivity index (χ0v) is 14.1. The molecule has 1 heterocycles. The van der Waals surface area contributed by atoms with Crippen molar-refractivity contribution in [2.45, 2.75) is 57.0 Å². The molecule has 1 aliphatic heterocycles. The van der Waals surface area contributed by atoms with E-state index in [2.05, 4.69) is 5.32 Å². The maximum atomic E-state index is 12.6. The summed E-state index contributed by atoms with van der Waals surface area (Å²) < 4.78 is 5.54. The number of carbonyl (C=O) groups excluding carboxylic acids is 2. The van der Waals surface area contributed by atoms with Gasteiger partial charge in [0, 0.05) is 12.6 Å². The Labute approximate surface area is 143 Å². The highest BCUT2D eigenvalue weighted by Gasteiger charge is 2.35. The molecular formula is C19H26N2O3. The lowest BCUT2D eigenvalue weighted by atomic mass is 9.95. The molecule has 130 valence electrons.